The van der Waals surface area contributed by atoms with Gasteiger partial charge in [0.1, 0.15) is 11.4 Å². The Balaban J connectivity index is 1.41. The summed E-state index contributed by atoms with van der Waals surface area (Å²) in [7, 11) is -5.19. The molecule has 4 heterocycles. The lowest BCUT2D eigenvalue weighted by molar-refractivity contribution is 0.102. The van der Waals surface area contributed by atoms with E-state index < -0.39 is 25.8 Å². The number of benzene rings is 1. The van der Waals surface area contributed by atoms with Crippen molar-refractivity contribution >= 4 is 48.0 Å². The van der Waals surface area contributed by atoms with Crippen LogP contribution < -0.4 is 14.8 Å². The first-order chi connectivity index (χ1) is 19.0. The molecule has 210 valence electrons. The summed E-state index contributed by atoms with van der Waals surface area (Å²) in [6, 6.07) is 10.3. The summed E-state index contributed by atoms with van der Waals surface area (Å²) in [6.45, 7) is 1.28. The van der Waals surface area contributed by atoms with Crippen molar-refractivity contribution in [2.75, 3.05) is 48.0 Å². The molecule has 0 bridgehead atoms. The summed E-state index contributed by atoms with van der Waals surface area (Å²) in [4.78, 5) is 24.0. The summed E-state index contributed by atoms with van der Waals surface area (Å²) in [6.07, 6.45) is 4.15. The Morgan fingerprint density at radius 1 is 1.10 bits per heavy atom. The lowest BCUT2D eigenvalue weighted by Crippen LogP contribution is -2.39. The van der Waals surface area contributed by atoms with Crippen LogP contribution in [0.4, 0.5) is 11.4 Å². The number of carbonyl (C=O) groups excluding carboxylic acids is 1. The molecule has 0 unspecified atom stereocenters. The van der Waals surface area contributed by atoms with Gasteiger partial charge < -0.3 is 10.1 Å². The molecule has 4 aromatic rings. The van der Waals surface area contributed by atoms with E-state index in [9.17, 15) is 21.6 Å². The van der Waals surface area contributed by atoms with E-state index in [0.717, 1.165) is 6.26 Å². The van der Waals surface area contributed by atoms with E-state index in [0.29, 0.717) is 53.0 Å². The van der Waals surface area contributed by atoms with Gasteiger partial charge in [-0.3, -0.25) is 19.5 Å². The van der Waals surface area contributed by atoms with E-state index >= 15 is 0 Å². The second-order valence-electron chi connectivity index (χ2n) is 9.41. The van der Waals surface area contributed by atoms with Gasteiger partial charge in [0.25, 0.3) is 5.91 Å². The highest BCUT2D eigenvalue weighted by molar-refractivity contribution is 7.92. The molecule has 1 fully saturated rings. The molecule has 15 heteroatoms. The number of hydrogen-bond acceptors (Lipinski definition) is 10. The van der Waals surface area contributed by atoms with E-state index in [4.69, 9.17) is 4.74 Å². The average molecular weight is 586 g/mol. The fraction of sp³-hybridized carbons (Fsp3) is 0.280. The van der Waals surface area contributed by atoms with Gasteiger partial charge >= 0.3 is 0 Å². The maximum atomic E-state index is 13.2. The summed E-state index contributed by atoms with van der Waals surface area (Å²) in [5.41, 5.74) is 3.35. The van der Waals surface area contributed by atoms with Crippen LogP contribution in [0.25, 0.3) is 22.0 Å². The molecule has 1 amide bonds. The molecule has 0 radical (unpaired) electrons. The maximum Gasteiger partial charge on any atom is 0.274 e. The fourth-order valence-corrected chi connectivity index (χ4v) is 6.21. The number of aromatic nitrogens is 4. The van der Waals surface area contributed by atoms with Crippen molar-refractivity contribution in [2.45, 2.75) is 6.54 Å². The van der Waals surface area contributed by atoms with Gasteiger partial charge in [-0.05, 0) is 35.9 Å². The molecule has 3 aromatic heterocycles. The van der Waals surface area contributed by atoms with E-state index in [1.165, 1.54) is 13.3 Å². The van der Waals surface area contributed by atoms with Crippen LogP contribution in [0.15, 0.2) is 48.8 Å². The van der Waals surface area contributed by atoms with Crippen LogP contribution in [-0.2, 0) is 26.4 Å². The third-order valence-electron chi connectivity index (χ3n) is 6.34. The van der Waals surface area contributed by atoms with E-state index in [1.54, 1.807) is 36.5 Å². The lowest BCUT2D eigenvalue weighted by atomic mass is 10.0. The number of aromatic amines is 1. The molecule has 0 aliphatic carbocycles. The highest BCUT2D eigenvalue weighted by Crippen LogP contribution is 2.33. The number of sulfonamides is 1. The Morgan fingerprint density at radius 2 is 1.85 bits per heavy atom. The predicted molar refractivity (Wildman–Crippen MR) is 150 cm³/mol. The molecule has 40 heavy (non-hydrogen) atoms. The monoisotopic (exact) mass is 585 g/mol. The predicted octanol–water partition coefficient (Wildman–Crippen LogP) is 1.88. The lowest BCUT2D eigenvalue weighted by Gasteiger charge is -2.26. The summed E-state index contributed by atoms with van der Waals surface area (Å²) in [5.74, 6) is -0.100. The molecule has 0 spiro atoms. The van der Waals surface area contributed by atoms with Crippen molar-refractivity contribution < 1.29 is 26.4 Å². The Labute approximate surface area is 230 Å². The van der Waals surface area contributed by atoms with Gasteiger partial charge in [-0.1, -0.05) is 6.07 Å². The van der Waals surface area contributed by atoms with Gasteiger partial charge in [0, 0.05) is 36.8 Å². The molecule has 1 aliphatic heterocycles. The fourth-order valence-electron chi connectivity index (χ4n) is 4.38. The van der Waals surface area contributed by atoms with Gasteiger partial charge in [-0.25, -0.2) is 26.8 Å². The molecule has 13 nitrogen and oxygen atoms in total. The summed E-state index contributed by atoms with van der Waals surface area (Å²) >= 11 is 0. The SMILES string of the molecule is COc1ncc(-c2cc(NC(=O)c3cccc(CN4CCS(=O)(=O)CC4)n3)c3cn[nH]c3c2)cc1NS(C)(=O)=O. The number of nitrogens with zero attached hydrogens (tertiary/aromatic N) is 4. The smallest absolute Gasteiger partial charge is 0.274 e. The molecule has 3 N–H and O–H groups in total. The topological polar surface area (TPSA) is 176 Å². The molecule has 1 saturated heterocycles. The van der Waals surface area contributed by atoms with Crippen LogP contribution in [0, 0.1) is 0 Å². The largest absolute Gasteiger partial charge is 0.480 e. The van der Waals surface area contributed by atoms with Crippen LogP contribution in [0.1, 0.15) is 16.2 Å². The molecule has 0 atom stereocenters. The van der Waals surface area contributed by atoms with Crippen molar-refractivity contribution in [1.29, 1.82) is 0 Å². The summed E-state index contributed by atoms with van der Waals surface area (Å²) in [5, 5.41) is 10.6. The molecular formula is C25H27N7O6S2. The minimum atomic E-state index is -3.59. The number of anilines is 2. The van der Waals surface area contributed by atoms with E-state index in [1.807, 2.05) is 11.0 Å². The molecule has 5 rings (SSSR count). The highest BCUT2D eigenvalue weighted by Gasteiger charge is 2.22. The Morgan fingerprint density at radius 3 is 2.58 bits per heavy atom. The third-order valence-corrected chi connectivity index (χ3v) is 8.54. The number of amides is 1. The van der Waals surface area contributed by atoms with Crippen LogP contribution in [0.5, 0.6) is 5.88 Å². The van der Waals surface area contributed by atoms with Crippen molar-refractivity contribution in [1.82, 2.24) is 25.1 Å². The number of fused-ring (bicyclic) bond motifs is 1. The Bertz CT molecular complexity index is 1790. The van der Waals surface area contributed by atoms with Crippen molar-refractivity contribution in [3.8, 4) is 17.0 Å². The summed E-state index contributed by atoms with van der Waals surface area (Å²) < 4.78 is 54.7. The quantitative estimate of drug-likeness (QED) is 0.277. The third kappa shape index (κ3) is 6.38. The number of nitrogens with one attached hydrogen (secondary N) is 3. The zero-order valence-electron chi connectivity index (χ0n) is 21.7. The van der Waals surface area contributed by atoms with Crippen LogP contribution >= 0.6 is 0 Å². The van der Waals surface area contributed by atoms with Gasteiger partial charge in [0.15, 0.2) is 9.84 Å². The average Bonchev–Trinajstić information content (AvgIpc) is 3.38. The van der Waals surface area contributed by atoms with Crippen LogP contribution in [0.3, 0.4) is 0 Å². The first-order valence-corrected chi connectivity index (χ1v) is 15.9. The minimum Gasteiger partial charge on any atom is -0.480 e. The zero-order chi connectivity index (χ0) is 28.5. The van der Waals surface area contributed by atoms with Gasteiger partial charge in [0.2, 0.25) is 15.9 Å². The number of ether oxygens (including phenoxy) is 1. The number of pyridine rings is 2. The highest BCUT2D eigenvalue weighted by atomic mass is 32.2. The van der Waals surface area contributed by atoms with Crippen molar-refractivity contribution in [3.63, 3.8) is 0 Å². The van der Waals surface area contributed by atoms with E-state index in [-0.39, 0.29) is 28.8 Å². The second kappa shape index (κ2) is 10.8. The Kier molecular flexibility index (Phi) is 7.44. The zero-order valence-corrected chi connectivity index (χ0v) is 23.3. The second-order valence-corrected chi connectivity index (χ2v) is 13.5. The molecule has 1 aromatic carbocycles. The first kappa shape index (κ1) is 27.5. The van der Waals surface area contributed by atoms with Crippen LogP contribution in [-0.4, -0.2) is 85.8 Å². The number of hydrogen-bond donors (Lipinski definition) is 3. The Hall–Kier alpha value is -4.08. The van der Waals surface area contributed by atoms with Gasteiger partial charge in [-0.15, -0.1) is 0 Å². The maximum absolute atomic E-state index is 13.2. The number of methoxy groups -OCH3 is 1. The first-order valence-electron chi connectivity index (χ1n) is 12.2. The number of rotatable bonds is 8. The number of H-pyrrole nitrogens is 1. The van der Waals surface area contributed by atoms with Gasteiger partial charge in [-0.2, -0.15) is 5.10 Å². The van der Waals surface area contributed by atoms with Crippen molar-refractivity contribution in [2.24, 2.45) is 0 Å². The van der Waals surface area contributed by atoms with Crippen molar-refractivity contribution in [3.05, 3.63) is 60.2 Å². The molecule has 0 saturated carbocycles. The normalized spacial score (nSPS) is 15.6. The molecular weight excluding hydrogens is 558 g/mol. The van der Waals surface area contributed by atoms with E-state index in [2.05, 4.69) is 30.2 Å². The standard InChI is InChI=1S/C25H27N7O6S2/c1-38-25-23(31-39(2,34)35)12-17(13-26-25)16-10-21(19-14-27-30-22(19)11-16)29-24(33)20-5-3-4-18(28-20)15-32-6-8-40(36,37)9-7-32/h3-5,10-14,31H,6-9,15H2,1-2H3,(H,27,30)(H,29,33). The minimum absolute atomic E-state index is 0.111. The van der Waals surface area contributed by atoms with Gasteiger partial charge in [0.05, 0.1) is 48.0 Å². The number of carbonyl (C=O) groups is 1. The molecule has 1 aliphatic rings. The number of sulfone groups is 1. The van der Waals surface area contributed by atoms with Crippen LogP contribution in [0.2, 0.25) is 0 Å².